The molecule has 2 N–H and O–H groups in total. The molecular weight excluding hydrogens is 584 g/mol. The maximum atomic E-state index is 13.9. The van der Waals surface area contributed by atoms with Crippen LogP contribution in [-0.2, 0) is 34.3 Å². The predicted octanol–water partition coefficient (Wildman–Crippen LogP) is 6.71. The van der Waals surface area contributed by atoms with Crippen molar-refractivity contribution in [3.63, 3.8) is 0 Å². The van der Waals surface area contributed by atoms with Gasteiger partial charge in [0.05, 0.1) is 0 Å². The molecule has 0 radical (unpaired) electrons. The molecule has 2 aromatic carbocycles. The largest absolute Gasteiger partial charge is 0.456 e. The smallest absolute Gasteiger partial charge is 0.408 e. The molecule has 10 heteroatoms. The number of aromatic nitrogens is 2. The molecule has 1 aliphatic carbocycles. The molecule has 10 nitrogen and oxygen atoms in total. The molecule has 0 saturated heterocycles. The summed E-state index contributed by atoms with van der Waals surface area (Å²) in [5, 5.41) is 6.93. The van der Waals surface area contributed by atoms with Crippen molar-refractivity contribution in [2.24, 2.45) is 13.0 Å². The molecule has 2 heterocycles. The number of hydrogen-bond donors (Lipinski definition) is 2. The molecule has 5 rings (SSSR count). The number of para-hydroxylation sites is 1. The topological polar surface area (TPSA) is 125 Å². The van der Waals surface area contributed by atoms with Crippen molar-refractivity contribution in [1.29, 1.82) is 0 Å². The molecule has 2 atom stereocenters. The van der Waals surface area contributed by atoms with Gasteiger partial charge in [-0.15, -0.1) is 0 Å². The van der Waals surface area contributed by atoms with Crippen LogP contribution < -0.4 is 10.6 Å². The summed E-state index contributed by atoms with van der Waals surface area (Å²) in [4.78, 5) is 44.4. The molecule has 2 aromatic heterocycles. The quantitative estimate of drug-likeness (QED) is 0.167. The molecule has 244 valence electrons. The molecule has 4 aromatic rings. The normalized spacial score (nSPS) is 15.0. The fourth-order valence-corrected chi connectivity index (χ4v) is 6.04. The number of amides is 2. The first-order valence-electron chi connectivity index (χ1n) is 16.2. The van der Waals surface area contributed by atoms with E-state index < -0.39 is 24.1 Å². The fourth-order valence-electron chi connectivity index (χ4n) is 6.04. The zero-order valence-electron chi connectivity index (χ0n) is 27.1. The fraction of sp³-hybridized carbons (Fsp3) is 0.444. The van der Waals surface area contributed by atoms with Crippen LogP contribution >= 0.6 is 0 Å². The van der Waals surface area contributed by atoms with Crippen LogP contribution in [0.3, 0.4) is 0 Å². The summed E-state index contributed by atoms with van der Waals surface area (Å²) in [6.07, 6.45) is 6.91. The van der Waals surface area contributed by atoms with Crippen LogP contribution in [0.25, 0.3) is 10.9 Å². The van der Waals surface area contributed by atoms with E-state index in [1.165, 1.54) is 0 Å². The van der Waals surface area contributed by atoms with Crippen LogP contribution in [0, 0.1) is 12.8 Å². The summed E-state index contributed by atoms with van der Waals surface area (Å²) < 4.78 is 19.3. The maximum Gasteiger partial charge on any atom is 0.408 e. The zero-order chi connectivity index (χ0) is 32.6. The monoisotopic (exact) mass is 628 g/mol. The Labute approximate surface area is 269 Å². The number of oxazole rings is 1. The van der Waals surface area contributed by atoms with E-state index in [0.717, 1.165) is 54.1 Å². The lowest BCUT2D eigenvalue weighted by molar-refractivity contribution is -0.124. The van der Waals surface area contributed by atoms with Crippen LogP contribution in [0.4, 0.5) is 4.79 Å². The Kier molecular flexibility index (Phi) is 10.8. The minimum absolute atomic E-state index is 0.0519. The Morgan fingerprint density at radius 3 is 2.46 bits per heavy atom. The maximum absolute atomic E-state index is 13.9. The lowest BCUT2D eigenvalue weighted by atomic mass is 9.98. The Morgan fingerprint density at radius 1 is 1.00 bits per heavy atom. The molecule has 0 bridgehead atoms. The number of aryl methyl sites for hydroxylation is 2. The van der Waals surface area contributed by atoms with Crippen LogP contribution in [0.5, 0.6) is 0 Å². The highest BCUT2D eigenvalue weighted by Crippen LogP contribution is 2.28. The van der Waals surface area contributed by atoms with Gasteiger partial charge in [0, 0.05) is 30.6 Å². The third kappa shape index (κ3) is 8.35. The molecule has 1 fully saturated rings. The van der Waals surface area contributed by atoms with Gasteiger partial charge in [-0.3, -0.25) is 4.79 Å². The van der Waals surface area contributed by atoms with Crippen molar-refractivity contribution in [3.8, 4) is 0 Å². The van der Waals surface area contributed by atoms with Crippen LogP contribution in [0.2, 0.25) is 0 Å². The van der Waals surface area contributed by atoms with E-state index in [4.69, 9.17) is 13.9 Å². The van der Waals surface area contributed by atoms with Gasteiger partial charge in [0.15, 0.2) is 5.69 Å². The minimum atomic E-state index is -0.836. The molecular formula is C36H44N4O6. The van der Waals surface area contributed by atoms with E-state index in [0.29, 0.717) is 12.8 Å². The summed E-state index contributed by atoms with van der Waals surface area (Å²) in [5.74, 6) is -0.408. The van der Waals surface area contributed by atoms with Crippen molar-refractivity contribution < 1.29 is 28.3 Å². The van der Waals surface area contributed by atoms with Crippen molar-refractivity contribution in [2.45, 2.75) is 90.5 Å². The number of esters is 1. The highest BCUT2D eigenvalue weighted by Gasteiger charge is 2.31. The second-order valence-corrected chi connectivity index (χ2v) is 12.6. The Hall–Kier alpha value is -4.60. The number of rotatable bonds is 12. The van der Waals surface area contributed by atoms with Gasteiger partial charge in [0.2, 0.25) is 11.8 Å². The van der Waals surface area contributed by atoms with Crippen molar-refractivity contribution in [3.05, 3.63) is 89.3 Å². The SMILES string of the molecule is Cc1oc([C@@H](Cc2cn(C)c3ccccc23)NC(=O)[C@H](CC(C)C)NC(=O)OC2CCCCC2)nc1C(=O)OCc1ccccc1. The van der Waals surface area contributed by atoms with Gasteiger partial charge < -0.3 is 29.1 Å². The molecule has 1 saturated carbocycles. The minimum Gasteiger partial charge on any atom is -0.456 e. The number of ether oxygens (including phenoxy) is 2. The van der Waals surface area contributed by atoms with Crippen LogP contribution in [0.1, 0.15) is 91.7 Å². The standard InChI is InChI=1S/C36H44N4O6/c1-23(2)19-29(38-36(43)46-27-15-9-6-10-16-27)33(41)37-30(20-26-21-40(4)31-18-12-11-17-28(26)31)34-39-32(24(3)45-34)35(42)44-22-25-13-7-5-8-14-25/h5,7-8,11-14,17-18,21,23,27,29-30H,6,9-10,15-16,19-20,22H2,1-4H3,(H,37,41)(H,38,43)/t29-,30+/m0/s1. The summed E-state index contributed by atoms with van der Waals surface area (Å²) in [7, 11) is 1.97. The average molecular weight is 629 g/mol. The molecule has 2 amide bonds. The van der Waals surface area contributed by atoms with Gasteiger partial charge >= 0.3 is 12.1 Å². The molecule has 0 unspecified atom stereocenters. The number of carbonyl (C=O) groups is 3. The number of alkyl carbamates (subject to hydrolysis) is 1. The van der Waals surface area contributed by atoms with Gasteiger partial charge in [0.1, 0.15) is 30.6 Å². The molecule has 0 aliphatic heterocycles. The van der Waals surface area contributed by atoms with Crippen molar-refractivity contribution >= 4 is 28.9 Å². The number of benzene rings is 2. The Morgan fingerprint density at radius 2 is 1.72 bits per heavy atom. The number of nitrogens with one attached hydrogen (secondary N) is 2. The van der Waals surface area contributed by atoms with E-state index in [-0.39, 0.29) is 41.9 Å². The number of nitrogens with zero attached hydrogens (tertiary/aromatic N) is 2. The van der Waals surface area contributed by atoms with Gasteiger partial charge in [-0.05, 0) is 62.1 Å². The average Bonchev–Trinajstić information content (AvgIpc) is 3.59. The van der Waals surface area contributed by atoms with E-state index in [1.807, 2.05) is 86.3 Å². The second kappa shape index (κ2) is 15.1. The third-order valence-electron chi connectivity index (χ3n) is 8.38. The number of carbonyl (C=O) groups excluding carboxylic acids is 3. The highest BCUT2D eigenvalue weighted by atomic mass is 16.6. The highest BCUT2D eigenvalue weighted by molar-refractivity contribution is 5.89. The van der Waals surface area contributed by atoms with E-state index in [1.54, 1.807) is 6.92 Å². The van der Waals surface area contributed by atoms with E-state index >= 15 is 0 Å². The molecule has 0 spiro atoms. The Balaban J connectivity index is 1.38. The van der Waals surface area contributed by atoms with Gasteiger partial charge in [-0.25, -0.2) is 14.6 Å². The predicted molar refractivity (Wildman–Crippen MR) is 174 cm³/mol. The van der Waals surface area contributed by atoms with Crippen molar-refractivity contribution in [2.75, 3.05) is 0 Å². The third-order valence-corrected chi connectivity index (χ3v) is 8.38. The first-order chi connectivity index (χ1) is 22.2. The lowest BCUT2D eigenvalue weighted by Gasteiger charge is -2.26. The van der Waals surface area contributed by atoms with Gasteiger partial charge in [-0.1, -0.05) is 68.8 Å². The second-order valence-electron chi connectivity index (χ2n) is 12.6. The first-order valence-corrected chi connectivity index (χ1v) is 16.2. The molecule has 1 aliphatic rings. The van der Waals surface area contributed by atoms with E-state index in [2.05, 4.69) is 15.6 Å². The number of hydrogen-bond acceptors (Lipinski definition) is 7. The van der Waals surface area contributed by atoms with Gasteiger partial charge in [0.25, 0.3) is 0 Å². The summed E-state index contributed by atoms with van der Waals surface area (Å²) in [6.45, 7) is 5.73. The zero-order valence-corrected chi connectivity index (χ0v) is 27.1. The summed E-state index contributed by atoms with van der Waals surface area (Å²) in [5.41, 5.74) is 2.92. The van der Waals surface area contributed by atoms with Crippen LogP contribution in [0.15, 0.2) is 65.2 Å². The lowest BCUT2D eigenvalue weighted by Crippen LogP contribution is -2.49. The van der Waals surface area contributed by atoms with Crippen molar-refractivity contribution in [1.82, 2.24) is 20.2 Å². The first kappa shape index (κ1) is 32.8. The molecule has 46 heavy (non-hydrogen) atoms. The summed E-state index contributed by atoms with van der Waals surface area (Å²) >= 11 is 0. The summed E-state index contributed by atoms with van der Waals surface area (Å²) in [6, 6.07) is 15.8. The van der Waals surface area contributed by atoms with Crippen LogP contribution in [-0.4, -0.2) is 39.7 Å². The number of fused-ring (bicyclic) bond motifs is 1. The van der Waals surface area contributed by atoms with Gasteiger partial charge in [-0.2, -0.15) is 0 Å². The van der Waals surface area contributed by atoms with E-state index in [9.17, 15) is 14.4 Å². The Bertz CT molecular complexity index is 1640.